The topological polar surface area (TPSA) is 71.4 Å². The number of nitrogens with one attached hydrogen (secondary N) is 1. The van der Waals surface area contributed by atoms with E-state index in [-0.39, 0.29) is 23.3 Å². The molecule has 2 bridgehead atoms. The molecule has 1 saturated heterocycles. The Morgan fingerprint density at radius 2 is 1.89 bits per heavy atom. The molecule has 4 rings (SSSR count). The van der Waals surface area contributed by atoms with Crippen molar-refractivity contribution < 1.29 is 9.59 Å². The lowest BCUT2D eigenvalue weighted by atomic mass is 9.82. The van der Waals surface area contributed by atoms with Crippen molar-refractivity contribution in [1.82, 2.24) is 14.8 Å². The van der Waals surface area contributed by atoms with Crippen molar-refractivity contribution >= 4 is 11.8 Å². The van der Waals surface area contributed by atoms with Crippen LogP contribution in [0.25, 0.3) is 11.1 Å². The van der Waals surface area contributed by atoms with Gasteiger partial charge in [0.25, 0.3) is 11.5 Å². The molecule has 1 fully saturated rings. The molecule has 2 atom stereocenters. The quantitative estimate of drug-likeness (QED) is 0.883. The van der Waals surface area contributed by atoms with Crippen molar-refractivity contribution in [1.29, 1.82) is 0 Å². The average Bonchev–Trinajstić information content (AvgIpc) is 2.67. The van der Waals surface area contributed by atoms with Gasteiger partial charge in [-0.3, -0.25) is 14.4 Å². The minimum absolute atomic E-state index is 0.0415. The lowest BCUT2D eigenvalue weighted by Gasteiger charge is -2.42. The maximum atomic E-state index is 12.8. The maximum Gasteiger partial charge on any atom is 0.251 e. The molecule has 0 aliphatic carbocycles. The Morgan fingerprint density at radius 3 is 2.63 bits per heavy atom. The number of amides is 2. The predicted molar refractivity (Wildman–Crippen MR) is 103 cm³/mol. The molecule has 0 unspecified atom stereocenters. The lowest BCUT2D eigenvalue weighted by Crippen LogP contribution is -2.48. The van der Waals surface area contributed by atoms with Gasteiger partial charge in [-0.2, -0.15) is 0 Å². The summed E-state index contributed by atoms with van der Waals surface area (Å²) in [6, 6.07) is 11.0. The van der Waals surface area contributed by atoms with Crippen molar-refractivity contribution in [3.63, 3.8) is 0 Å². The molecule has 1 aromatic carbocycles. The van der Waals surface area contributed by atoms with E-state index in [1.165, 1.54) is 0 Å². The molecular weight excluding hydrogens is 342 g/mol. The Hall–Kier alpha value is -2.89. The first-order valence-electron chi connectivity index (χ1n) is 9.29. The Bertz CT molecular complexity index is 979. The average molecular weight is 365 g/mol. The van der Waals surface area contributed by atoms with Crippen LogP contribution in [0.5, 0.6) is 0 Å². The second-order valence-corrected chi connectivity index (χ2v) is 7.47. The Morgan fingerprint density at radius 1 is 1.11 bits per heavy atom. The van der Waals surface area contributed by atoms with Crippen LogP contribution in [0.2, 0.25) is 0 Å². The first-order chi connectivity index (χ1) is 13.0. The lowest BCUT2D eigenvalue weighted by molar-refractivity contribution is -0.131. The fourth-order valence-electron chi connectivity index (χ4n) is 4.44. The van der Waals surface area contributed by atoms with E-state index in [1.54, 1.807) is 26.1 Å². The number of hydrogen-bond acceptors (Lipinski definition) is 3. The molecule has 0 saturated carbocycles. The highest BCUT2D eigenvalue weighted by atomic mass is 16.2. The van der Waals surface area contributed by atoms with E-state index in [0.717, 1.165) is 29.8 Å². The molecule has 1 aromatic heterocycles. The number of rotatable bonds is 2. The Balaban J connectivity index is 1.81. The van der Waals surface area contributed by atoms with Crippen molar-refractivity contribution in [3.05, 3.63) is 58.0 Å². The molecule has 3 heterocycles. The van der Waals surface area contributed by atoms with Gasteiger partial charge in [0, 0.05) is 56.8 Å². The second-order valence-electron chi connectivity index (χ2n) is 7.47. The first-order valence-corrected chi connectivity index (χ1v) is 9.29. The van der Waals surface area contributed by atoms with Crippen LogP contribution in [0.4, 0.5) is 0 Å². The number of carbonyl (C=O) groups is 2. The molecule has 0 spiro atoms. The largest absolute Gasteiger partial charge is 0.355 e. The van der Waals surface area contributed by atoms with Gasteiger partial charge in [0.05, 0.1) is 0 Å². The highest BCUT2D eigenvalue weighted by molar-refractivity contribution is 6.00. The zero-order valence-electron chi connectivity index (χ0n) is 15.6. The maximum absolute atomic E-state index is 12.8. The molecular formula is C21H23N3O3. The van der Waals surface area contributed by atoms with Crippen LogP contribution < -0.4 is 10.9 Å². The molecule has 27 heavy (non-hydrogen) atoms. The number of hydrogen-bond donors (Lipinski definition) is 1. The number of fused-ring (bicyclic) bond motifs is 4. The van der Waals surface area contributed by atoms with Crippen LogP contribution in [-0.4, -0.2) is 41.4 Å². The Kier molecular flexibility index (Phi) is 4.34. The molecule has 2 aliphatic rings. The summed E-state index contributed by atoms with van der Waals surface area (Å²) in [7, 11) is 1.60. The van der Waals surface area contributed by atoms with Gasteiger partial charge in [0.15, 0.2) is 0 Å². The van der Waals surface area contributed by atoms with Gasteiger partial charge in [-0.25, -0.2) is 0 Å². The van der Waals surface area contributed by atoms with Gasteiger partial charge < -0.3 is 14.8 Å². The van der Waals surface area contributed by atoms with E-state index in [1.807, 2.05) is 33.7 Å². The van der Waals surface area contributed by atoms with Crippen LogP contribution in [0.15, 0.2) is 41.2 Å². The zero-order valence-corrected chi connectivity index (χ0v) is 15.6. The van der Waals surface area contributed by atoms with Crippen LogP contribution in [0.3, 0.4) is 0 Å². The summed E-state index contributed by atoms with van der Waals surface area (Å²) in [5.74, 6) is 0.383. The van der Waals surface area contributed by atoms with Crippen LogP contribution in [-0.2, 0) is 11.3 Å². The number of pyridine rings is 1. The summed E-state index contributed by atoms with van der Waals surface area (Å²) in [4.78, 5) is 38.8. The molecule has 0 radical (unpaired) electrons. The number of nitrogens with zero attached hydrogens (tertiary/aromatic N) is 2. The number of benzene rings is 1. The summed E-state index contributed by atoms with van der Waals surface area (Å²) in [5, 5.41) is 2.66. The van der Waals surface area contributed by atoms with Crippen LogP contribution in [0, 0.1) is 5.92 Å². The summed E-state index contributed by atoms with van der Waals surface area (Å²) in [6.45, 7) is 3.61. The Labute approximate surface area is 157 Å². The standard InChI is InChI=1S/C21H23N3O3/c1-13(25)23-10-14-7-16(12-23)19-8-15(9-20(26)24(19)11-14)17-5-3-4-6-18(17)21(27)22-2/h3-6,8-9,14,16H,7,10-12H2,1-2H3,(H,22,27)/t14-,16+/m0/s1. The second kappa shape index (κ2) is 6.68. The molecule has 6 heteroatoms. The molecule has 140 valence electrons. The molecule has 2 amide bonds. The van der Waals surface area contributed by atoms with Gasteiger partial charge in [0.2, 0.25) is 5.91 Å². The number of carbonyl (C=O) groups excluding carboxylic acids is 2. The third-order valence-electron chi connectivity index (χ3n) is 5.71. The summed E-state index contributed by atoms with van der Waals surface area (Å²) in [5.41, 5.74) is 2.97. The van der Waals surface area contributed by atoms with E-state index in [0.29, 0.717) is 24.6 Å². The van der Waals surface area contributed by atoms with Gasteiger partial charge in [-0.05, 0) is 35.6 Å². The monoisotopic (exact) mass is 365 g/mol. The van der Waals surface area contributed by atoms with Gasteiger partial charge in [-0.1, -0.05) is 18.2 Å². The summed E-state index contributed by atoms with van der Waals surface area (Å²) in [6.07, 6.45) is 0.990. The normalized spacial score (nSPS) is 20.7. The van der Waals surface area contributed by atoms with Crippen molar-refractivity contribution in [2.24, 2.45) is 5.92 Å². The molecule has 6 nitrogen and oxygen atoms in total. The number of piperidine rings is 1. The van der Waals surface area contributed by atoms with E-state index in [9.17, 15) is 14.4 Å². The fourth-order valence-corrected chi connectivity index (χ4v) is 4.44. The van der Waals surface area contributed by atoms with Crippen LogP contribution in [0.1, 0.15) is 35.3 Å². The molecule has 1 N–H and O–H groups in total. The number of likely N-dealkylation sites (tertiary alicyclic amines) is 1. The van der Waals surface area contributed by atoms with E-state index < -0.39 is 0 Å². The molecule has 2 aromatic rings. The van der Waals surface area contributed by atoms with Crippen molar-refractivity contribution in [3.8, 4) is 11.1 Å². The highest BCUT2D eigenvalue weighted by Crippen LogP contribution is 2.37. The third kappa shape index (κ3) is 3.05. The van der Waals surface area contributed by atoms with Gasteiger partial charge >= 0.3 is 0 Å². The van der Waals surface area contributed by atoms with Crippen molar-refractivity contribution in [2.45, 2.75) is 25.8 Å². The smallest absolute Gasteiger partial charge is 0.251 e. The van der Waals surface area contributed by atoms with E-state index in [2.05, 4.69) is 5.32 Å². The van der Waals surface area contributed by atoms with Crippen molar-refractivity contribution in [2.75, 3.05) is 20.1 Å². The molecule has 2 aliphatic heterocycles. The number of aromatic nitrogens is 1. The van der Waals surface area contributed by atoms with E-state index in [4.69, 9.17) is 0 Å². The SMILES string of the molecule is CNC(=O)c1ccccc1-c1cc2n(c(=O)c1)C[C@H]1C[C@@H]2CN(C(C)=O)C1. The zero-order chi connectivity index (χ0) is 19.1. The van der Waals surface area contributed by atoms with E-state index >= 15 is 0 Å². The van der Waals surface area contributed by atoms with Gasteiger partial charge in [-0.15, -0.1) is 0 Å². The third-order valence-corrected chi connectivity index (χ3v) is 5.71. The minimum Gasteiger partial charge on any atom is -0.355 e. The minimum atomic E-state index is -0.177. The summed E-state index contributed by atoms with van der Waals surface area (Å²) < 4.78 is 1.85. The predicted octanol–water partition coefficient (Wildman–Crippen LogP) is 1.84. The van der Waals surface area contributed by atoms with Gasteiger partial charge in [0.1, 0.15) is 0 Å². The summed E-state index contributed by atoms with van der Waals surface area (Å²) >= 11 is 0. The fraction of sp³-hybridized carbons (Fsp3) is 0.381. The first kappa shape index (κ1) is 17.5. The highest BCUT2D eigenvalue weighted by Gasteiger charge is 2.35. The van der Waals surface area contributed by atoms with Crippen LogP contribution >= 0.6 is 0 Å².